The van der Waals surface area contributed by atoms with Gasteiger partial charge in [0.1, 0.15) is 0 Å². The van der Waals surface area contributed by atoms with Crippen molar-refractivity contribution in [2.24, 2.45) is 0 Å². The molecule has 4 heteroatoms. The van der Waals surface area contributed by atoms with Gasteiger partial charge in [0.05, 0.1) is 0 Å². The van der Waals surface area contributed by atoms with E-state index in [1.807, 2.05) is 0 Å². The summed E-state index contributed by atoms with van der Waals surface area (Å²) >= 11 is 5.72. The van der Waals surface area contributed by atoms with Crippen LogP contribution < -0.4 is 5.32 Å². The Labute approximate surface area is 113 Å². The predicted molar refractivity (Wildman–Crippen MR) is 72.7 cm³/mol. The molecule has 0 aromatic heterocycles. The van der Waals surface area contributed by atoms with Crippen LogP contribution in [0.25, 0.3) is 0 Å². The van der Waals surface area contributed by atoms with Crippen molar-refractivity contribution in [3.63, 3.8) is 0 Å². The molecule has 18 heavy (non-hydrogen) atoms. The molecular formula is C14H18ClNO2. The molecule has 0 spiro atoms. The van der Waals surface area contributed by atoms with Crippen LogP contribution in [0.3, 0.4) is 0 Å². The molecule has 0 atom stereocenters. The Hall–Kier alpha value is -1.35. The van der Waals surface area contributed by atoms with E-state index in [1.165, 1.54) is 0 Å². The van der Waals surface area contributed by atoms with Crippen LogP contribution in [-0.2, 0) is 4.79 Å². The maximum atomic E-state index is 11.7. The molecule has 98 valence electrons. The molecule has 2 amide bonds. The molecule has 1 rings (SSSR count). The first-order valence-corrected chi connectivity index (χ1v) is 6.61. The van der Waals surface area contributed by atoms with Crippen LogP contribution in [0.1, 0.15) is 49.4 Å². The molecule has 1 aromatic carbocycles. The molecule has 0 unspecified atom stereocenters. The highest BCUT2D eigenvalue weighted by Gasteiger charge is 2.09. The molecule has 0 fully saturated rings. The van der Waals surface area contributed by atoms with Crippen LogP contribution in [0.15, 0.2) is 24.3 Å². The maximum Gasteiger partial charge on any atom is 0.257 e. The number of carbonyl (C=O) groups is 2. The number of benzene rings is 1. The number of amides is 2. The smallest absolute Gasteiger partial charge is 0.257 e. The lowest BCUT2D eigenvalue weighted by atomic mass is 10.1. The second-order valence-electron chi connectivity index (χ2n) is 4.19. The third kappa shape index (κ3) is 5.32. The molecule has 1 aromatic rings. The van der Waals surface area contributed by atoms with Crippen molar-refractivity contribution in [3.05, 3.63) is 34.9 Å². The minimum atomic E-state index is -0.368. The Morgan fingerprint density at radius 3 is 2.39 bits per heavy atom. The number of carbonyl (C=O) groups excluding carboxylic acids is 2. The van der Waals surface area contributed by atoms with Gasteiger partial charge < -0.3 is 0 Å². The molecule has 0 radical (unpaired) electrons. The molecule has 0 saturated carbocycles. The average molecular weight is 268 g/mol. The zero-order valence-corrected chi connectivity index (χ0v) is 11.3. The number of nitrogens with one attached hydrogen (secondary N) is 1. The van der Waals surface area contributed by atoms with Crippen LogP contribution >= 0.6 is 11.6 Å². The summed E-state index contributed by atoms with van der Waals surface area (Å²) in [5, 5.41) is 2.94. The van der Waals surface area contributed by atoms with Gasteiger partial charge in [-0.3, -0.25) is 14.9 Å². The molecular weight excluding hydrogens is 250 g/mol. The van der Waals surface area contributed by atoms with Crippen molar-refractivity contribution >= 4 is 23.4 Å². The Morgan fingerprint density at radius 1 is 1.11 bits per heavy atom. The first-order valence-electron chi connectivity index (χ1n) is 6.23. The van der Waals surface area contributed by atoms with Crippen LogP contribution in [0.4, 0.5) is 0 Å². The monoisotopic (exact) mass is 267 g/mol. The quantitative estimate of drug-likeness (QED) is 0.801. The number of hydrogen-bond donors (Lipinski definition) is 1. The topological polar surface area (TPSA) is 46.2 Å². The van der Waals surface area contributed by atoms with E-state index in [0.717, 1.165) is 25.7 Å². The van der Waals surface area contributed by atoms with Crippen LogP contribution in [-0.4, -0.2) is 11.8 Å². The predicted octanol–water partition coefficient (Wildman–Crippen LogP) is 3.57. The highest BCUT2D eigenvalue weighted by Crippen LogP contribution is 2.09. The summed E-state index contributed by atoms with van der Waals surface area (Å²) in [5.41, 5.74) is 0.446. The molecule has 0 bridgehead atoms. The molecule has 0 aliphatic heterocycles. The highest BCUT2D eigenvalue weighted by atomic mass is 35.5. The van der Waals surface area contributed by atoms with Gasteiger partial charge in [0, 0.05) is 17.0 Å². The molecule has 3 nitrogen and oxygen atoms in total. The van der Waals surface area contributed by atoms with Crippen LogP contribution in [0.2, 0.25) is 5.02 Å². The van der Waals surface area contributed by atoms with E-state index in [4.69, 9.17) is 11.6 Å². The van der Waals surface area contributed by atoms with Crippen molar-refractivity contribution in [1.29, 1.82) is 0 Å². The van der Waals surface area contributed by atoms with Gasteiger partial charge in [-0.2, -0.15) is 0 Å². The maximum absolute atomic E-state index is 11.7. The average Bonchev–Trinajstić information content (AvgIpc) is 2.35. The van der Waals surface area contributed by atoms with Crippen LogP contribution in [0.5, 0.6) is 0 Å². The first-order chi connectivity index (χ1) is 8.63. The zero-order chi connectivity index (χ0) is 13.4. The molecule has 0 heterocycles. The summed E-state index contributed by atoms with van der Waals surface area (Å²) in [6.07, 6.45) is 4.51. The third-order valence-electron chi connectivity index (χ3n) is 2.62. The summed E-state index contributed by atoms with van der Waals surface area (Å²) in [6.45, 7) is 2.12. The number of rotatable bonds is 6. The molecule has 0 aliphatic carbocycles. The van der Waals surface area contributed by atoms with E-state index in [2.05, 4.69) is 12.2 Å². The number of unbranched alkanes of at least 4 members (excludes halogenated alkanes) is 3. The Morgan fingerprint density at radius 2 is 1.78 bits per heavy atom. The van der Waals surface area contributed by atoms with Crippen molar-refractivity contribution < 1.29 is 9.59 Å². The van der Waals surface area contributed by atoms with E-state index >= 15 is 0 Å². The molecule has 1 N–H and O–H groups in total. The van der Waals surface area contributed by atoms with Gasteiger partial charge in [-0.25, -0.2) is 0 Å². The Balaban J connectivity index is 2.35. The number of hydrogen-bond acceptors (Lipinski definition) is 2. The van der Waals surface area contributed by atoms with E-state index in [0.29, 0.717) is 17.0 Å². The van der Waals surface area contributed by atoms with Gasteiger partial charge in [0.15, 0.2) is 0 Å². The second kappa shape index (κ2) is 7.88. The van der Waals surface area contributed by atoms with Crippen molar-refractivity contribution in [2.75, 3.05) is 0 Å². The largest absolute Gasteiger partial charge is 0.292 e. The van der Waals surface area contributed by atoms with Crippen molar-refractivity contribution in [2.45, 2.75) is 39.0 Å². The van der Waals surface area contributed by atoms with Gasteiger partial charge in [0.25, 0.3) is 5.91 Å². The molecule has 0 aliphatic rings. The van der Waals surface area contributed by atoms with Crippen molar-refractivity contribution in [3.8, 4) is 0 Å². The minimum Gasteiger partial charge on any atom is -0.292 e. The summed E-state index contributed by atoms with van der Waals surface area (Å²) in [7, 11) is 0. The summed E-state index contributed by atoms with van der Waals surface area (Å²) in [5.74, 6) is -0.585. The van der Waals surface area contributed by atoms with E-state index in [-0.39, 0.29) is 11.8 Å². The van der Waals surface area contributed by atoms with Gasteiger partial charge in [0.2, 0.25) is 5.91 Å². The van der Waals surface area contributed by atoms with E-state index < -0.39 is 0 Å². The second-order valence-corrected chi connectivity index (χ2v) is 4.63. The number of halogens is 1. The fraction of sp³-hybridized carbons (Fsp3) is 0.429. The standard InChI is InChI=1S/C14H18ClNO2/c1-2-3-4-5-6-13(17)16-14(18)11-7-9-12(15)10-8-11/h7-10H,2-6H2,1H3,(H,16,17,18). The lowest BCUT2D eigenvalue weighted by Crippen LogP contribution is -2.30. The SMILES string of the molecule is CCCCCCC(=O)NC(=O)c1ccc(Cl)cc1. The van der Waals surface area contributed by atoms with Gasteiger partial charge in [-0.1, -0.05) is 37.8 Å². The zero-order valence-electron chi connectivity index (χ0n) is 10.5. The van der Waals surface area contributed by atoms with Crippen molar-refractivity contribution in [1.82, 2.24) is 5.32 Å². The lowest BCUT2D eigenvalue weighted by molar-refractivity contribution is -0.120. The first kappa shape index (κ1) is 14.7. The van der Waals surface area contributed by atoms with Gasteiger partial charge >= 0.3 is 0 Å². The number of imide groups is 1. The molecule has 0 saturated heterocycles. The normalized spacial score (nSPS) is 10.1. The lowest BCUT2D eigenvalue weighted by Gasteiger charge is -2.04. The van der Waals surface area contributed by atoms with Gasteiger partial charge in [-0.05, 0) is 30.7 Å². The fourth-order valence-corrected chi connectivity index (χ4v) is 1.70. The summed E-state index contributed by atoms with van der Waals surface area (Å²) in [4.78, 5) is 23.2. The minimum absolute atomic E-state index is 0.217. The third-order valence-corrected chi connectivity index (χ3v) is 2.87. The highest BCUT2D eigenvalue weighted by molar-refractivity contribution is 6.30. The van der Waals surface area contributed by atoms with E-state index in [1.54, 1.807) is 24.3 Å². The fourth-order valence-electron chi connectivity index (χ4n) is 1.57. The van der Waals surface area contributed by atoms with Crippen LogP contribution in [0, 0.1) is 0 Å². The van der Waals surface area contributed by atoms with Gasteiger partial charge in [-0.15, -0.1) is 0 Å². The van der Waals surface area contributed by atoms with E-state index in [9.17, 15) is 9.59 Å². The Kier molecular flexibility index (Phi) is 6.44. The Bertz CT molecular complexity index is 401. The summed E-state index contributed by atoms with van der Waals surface area (Å²) in [6, 6.07) is 6.45. The summed E-state index contributed by atoms with van der Waals surface area (Å²) < 4.78 is 0.